The smallest absolute Gasteiger partial charge is 0.416 e. The van der Waals surface area contributed by atoms with Crippen LogP contribution in [0, 0.1) is 0 Å². The van der Waals surface area contributed by atoms with Crippen molar-refractivity contribution in [2.75, 3.05) is 6.61 Å². The Balaban J connectivity index is 2.98. The molecule has 0 heterocycles. The Kier molecular flexibility index (Phi) is 6.45. The van der Waals surface area contributed by atoms with E-state index in [9.17, 15) is 27.9 Å². The third-order valence-electron chi connectivity index (χ3n) is 2.49. The molecule has 0 aliphatic heterocycles. The molecule has 24 heavy (non-hydrogen) atoms. The largest absolute Gasteiger partial charge is 0.510 e. The van der Waals surface area contributed by atoms with E-state index in [0.29, 0.717) is 0 Å². The lowest BCUT2D eigenvalue weighted by Gasteiger charge is -2.06. The summed E-state index contributed by atoms with van der Waals surface area (Å²) in [4.78, 5) is 22.9. The van der Waals surface area contributed by atoms with E-state index in [4.69, 9.17) is 0 Å². The van der Waals surface area contributed by atoms with Crippen molar-refractivity contribution < 1.29 is 32.6 Å². The first kappa shape index (κ1) is 19.1. The monoisotopic (exact) mass is 345 g/mol. The summed E-state index contributed by atoms with van der Waals surface area (Å²) in [5.74, 6) is -1.68. The first-order chi connectivity index (χ1) is 11.1. The van der Waals surface area contributed by atoms with Crippen molar-refractivity contribution in [3.63, 3.8) is 0 Å². The van der Waals surface area contributed by atoms with E-state index in [-0.39, 0.29) is 12.3 Å². The minimum absolute atomic E-state index is 0.0159. The number of alkyl halides is 3. The van der Waals surface area contributed by atoms with Crippen LogP contribution in [0.25, 0.3) is 0 Å². The lowest BCUT2D eigenvalue weighted by molar-refractivity contribution is -0.137. The third kappa shape index (κ3) is 5.71. The van der Waals surface area contributed by atoms with Crippen molar-refractivity contribution >= 4 is 17.7 Å². The molecule has 0 bridgehead atoms. The van der Waals surface area contributed by atoms with Crippen LogP contribution >= 0.6 is 0 Å². The van der Waals surface area contributed by atoms with Gasteiger partial charge in [-0.25, -0.2) is 4.79 Å². The average molecular weight is 345 g/mol. The first-order valence-corrected chi connectivity index (χ1v) is 6.62. The number of rotatable bonds is 4. The van der Waals surface area contributed by atoms with E-state index in [1.54, 1.807) is 5.32 Å². The fraction of sp³-hybridized carbons (Fsp3) is 0.286. The molecule has 1 rings (SSSR count). The average Bonchev–Trinajstić information content (AvgIpc) is 2.46. The van der Waals surface area contributed by atoms with Gasteiger partial charge in [0.15, 0.2) is 5.70 Å². The van der Waals surface area contributed by atoms with Gasteiger partial charge in [-0.15, -0.1) is 5.11 Å². The molecule has 7 nitrogen and oxygen atoms in total. The zero-order chi connectivity index (χ0) is 18.3. The maximum Gasteiger partial charge on any atom is 0.416 e. The highest BCUT2D eigenvalue weighted by molar-refractivity contribution is 6.02. The van der Waals surface area contributed by atoms with Gasteiger partial charge < -0.3 is 9.84 Å². The molecule has 0 radical (unpaired) electrons. The summed E-state index contributed by atoms with van der Waals surface area (Å²) in [5.41, 5.74) is -1.77. The van der Waals surface area contributed by atoms with Gasteiger partial charge in [0, 0.05) is 0 Å². The van der Waals surface area contributed by atoms with Gasteiger partial charge in [0.05, 0.1) is 17.9 Å². The van der Waals surface area contributed by atoms with Gasteiger partial charge in [-0.05, 0) is 32.0 Å². The SMILES string of the molecule is CCOC(=O)NC(=O)/C(N=Nc1cccc(C(F)(F)F)c1)=C(/C)O. The summed E-state index contributed by atoms with van der Waals surface area (Å²) in [6, 6.07) is 3.91. The predicted molar refractivity (Wildman–Crippen MR) is 76.5 cm³/mol. The molecular weight excluding hydrogens is 331 g/mol. The number of halogens is 3. The maximum atomic E-state index is 12.6. The number of allylic oxidation sites excluding steroid dienone is 1. The summed E-state index contributed by atoms with van der Waals surface area (Å²) in [6.45, 7) is 2.64. The van der Waals surface area contributed by atoms with Crippen LogP contribution in [0.1, 0.15) is 19.4 Å². The number of nitrogens with one attached hydrogen (secondary N) is 1. The summed E-state index contributed by atoms with van der Waals surface area (Å²) in [7, 11) is 0. The number of alkyl carbamates (subject to hydrolysis) is 1. The normalized spacial score (nSPS) is 12.7. The van der Waals surface area contributed by atoms with Crippen molar-refractivity contribution in [1.29, 1.82) is 0 Å². The number of imide groups is 1. The molecule has 0 unspecified atom stereocenters. The Hall–Kier alpha value is -2.91. The molecule has 0 spiro atoms. The number of nitrogens with zero attached hydrogens (tertiary/aromatic N) is 2. The third-order valence-corrected chi connectivity index (χ3v) is 2.49. The standard InChI is InChI=1S/C14H14F3N3O4/c1-3-24-13(23)18-12(22)11(8(2)21)20-19-10-6-4-5-9(7-10)14(15,16)17/h4-7,21H,3H2,1-2H3,(H,18,22,23)/b11-8+,20-19?. The van der Waals surface area contributed by atoms with Crippen molar-refractivity contribution in [1.82, 2.24) is 5.32 Å². The highest BCUT2D eigenvalue weighted by Gasteiger charge is 2.30. The van der Waals surface area contributed by atoms with Gasteiger partial charge in [-0.1, -0.05) is 6.07 Å². The van der Waals surface area contributed by atoms with Gasteiger partial charge in [0.25, 0.3) is 5.91 Å². The lowest BCUT2D eigenvalue weighted by Crippen LogP contribution is -2.32. The molecule has 10 heteroatoms. The fourth-order valence-corrected chi connectivity index (χ4v) is 1.45. The Morgan fingerprint density at radius 2 is 2.00 bits per heavy atom. The van der Waals surface area contributed by atoms with Crippen LogP contribution in [-0.4, -0.2) is 23.7 Å². The summed E-state index contributed by atoms with van der Waals surface area (Å²) in [5, 5.41) is 18.1. The van der Waals surface area contributed by atoms with Gasteiger partial charge in [0.2, 0.25) is 0 Å². The second kappa shape index (κ2) is 8.09. The molecule has 0 aromatic heterocycles. The molecule has 0 saturated heterocycles. The molecular formula is C14H14F3N3O4. The summed E-state index contributed by atoms with van der Waals surface area (Å²) in [6.07, 6.45) is -5.62. The predicted octanol–water partition coefficient (Wildman–Crippen LogP) is 3.85. The molecule has 0 fully saturated rings. The molecule has 0 aliphatic carbocycles. The van der Waals surface area contributed by atoms with E-state index in [0.717, 1.165) is 25.1 Å². The van der Waals surface area contributed by atoms with Crippen LogP contribution in [0.5, 0.6) is 0 Å². The number of aliphatic hydroxyl groups excluding tert-OH is 1. The number of carbonyl (C=O) groups excluding carboxylic acids is 2. The summed E-state index contributed by atoms with van der Waals surface area (Å²) >= 11 is 0. The lowest BCUT2D eigenvalue weighted by atomic mass is 10.2. The molecule has 2 N–H and O–H groups in total. The Morgan fingerprint density at radius 3 is 2.54 bits per heavy atom. The number of aliphatic hydroxyl groups is 1. The second-order valence-electron chi connectivity index (χ2n) is 4.36. The number of azo groups is 1. The number of benzene rings is 1. The molecule has 0 atom stereocenters. The van der Waals surface area contributed by atoms with Crippen LogP contribution in [0.3, 0.4) is 0 Å². The van der Waals surface area contributed by atoms with Gasteiger partial charge in [-0.3, -0.25) is 10.1 Å². The first-order valence-electron chi connectivity index (χ1n) is 6.62. The quantitative estimate of drug-likeness (QED) is 0.492. The van der Waals surface area contributed by atoms with Crippen molar-refractivity contribution in [3.05, 3.63) is 41.3 Å². The Labute approximate surface area is 134 Å². The molecule has 1 aromatic rings. The maximum absolute atomic E-state index is 12.6. The number of hydrogen-bond acceptors (Lipinski definition) is 6. The molecule has 0 saturated carbocycles. The van der Waals surface area contributed by atoms with Crippen molar-refractivity contribution in [2.24, 2.45) is 10.2 Å². The molecule has 1 aromatic carbocycles. The number of ether oxygens (including phenoxy) is 1. The Bertz CT molecular complexity index is 680. The second-order valence-corrected chi connectivity index (χ2v) is 4.36. The topological polar surface area (TPSA) is 100 Å². The van der Waals surface area contributed by atoms with Crippen molar-refractivity contribution in [3.8, 4) is 0 Å². The van der Waals surface area contributed by atoms with E-state index < -0.39 is 35.2 Å². The molecule has 0 aliphatic rings. The van der Waals surface area contributed by atoms with Crippen LogP contribution in [0.4, 0.5) is 23.7 Å². The minimum atomic E-state index is -4.56. The number of hydrogen-bond donors (Lipinski definition) is 2. The van der Waals surface area contributed by atoms with Gasteiger partial charge in [0.1, 0.15) is 5.76 Å². The zero-order valence-corrected chi connectivity index (χ0v) is 12.7. The van der Waals surface area contributed by atoms with Gasteiger partial charge >= 0.3 is 12.3 Å². The van der Waals surface area contributed by atoms with Crippen LogP contribution in [-0.2, 0) is 15.7 Å². The molecule has 2 amide bonds. The van der Waals surface area contributed by atoms with Crippen LogP contribution in [0.15, 0.2) is 46.0 Å². The van der Waals surface area contributed by atoms with Crippen LogP contribution < -0.4 is 5.32 Å². The van der Waals surface area contributed by atoms with E-state index in [2.05, 4.69) is 15.0 Å². The minimum Gasteiger partial charge on any atom is -0.510 e. The van der Waals surface area contributed by atoms with Crippen LogP contribution in [0.2, 0.25) is 0 Å². The van der Waals surface area contributed by atoms with E-state index in [1.807, 2.05) is 0 Å². The van der Waals surface area contributed by atoms with E-state index in [1.165, 1.54) is 13.0 Å². The van der Waals surface area contributed by atoms with Crippen molar-refractivity contribution in [2.45, 2.75) is 20.0 Å². The fourth-order valence-electron chi connectivity index (χ4n) is 1.45. The Morgan fingerprint density at radius 1 is 1.33 bits per heavy atom. The summed E-state index contributed by atoms with van der Waals surface area (Å²) < 4.78 is 42.3. The zero-order valence-electron chi connectivity index (χ0n) is 12.7. The number of carbonyl (C=O) groups is 2. The highest BCUT2D eigenvalue weighted by atomic mass is 19.4. The van der Waals surface area contributed by atoms with E-state index >= 15 is 0 Å². The van der Waals surface area contributed by atoms with Gasteiger partial charge in [-0.2, -0.15) is 18.3 Å². The molecule has 130 valence electrons. The highest BCUT2D eigenvalue weighted by Crippen LogP contribution is 2.31. The number of amides is 2.